The van der Waals surface area contributed by atoms with Gasteiger partial charge in [-0.15, -0.1) is 0 Å². The molecule has 1 aliphatic rings. The Labute approximate surface area is 83.3 Å². The van der Waals surface area contributed by atoms with E-state index in [0.717, 1.165) is 0 Å². The third-order valence-electron chi connectivity index (χ3n) is 2.82. The molecule has 1 saturated heterocycles. The first-order valence-corrected chi connectivity index (χ1v) is 4.84. The van der Waals surface area contributed by atoms with Gasteiger partial charge in [-0.05, 0) is 6.92 Å². The fourth-order valence-electron chi connectivity index (χ4n) is 1.61. The average molecular weight is 205 g/mol. The second kappa shape index (κ2) is 3.57. The van der Waals surface area contributed by atoms with Crippen molar-refractivity contribution in [1.29, 1.82) is 0 Å². The van der Waals surface area contributed by atoms with Gasteiger partial charge in [-0.25, -0.2) is 8.78 Å². The molecule has 2 nitrogen and oxygen atoms in total. The van der Waals surface area contributed by atoms with Crippen LogP contribution in [0.25, 0.3) is 0 Å². The SMILES string of the molecule is CC(=O)C(C)(C)CN1CCC(F)(F)C1. The van der Waals surface area contributed by atoms with Crippen LogP contribution in [0.4, 0.5) is 8.78 Å². The van der Waals surface area contributed by atoms with Gasteiger partial charge in [0, 0.05) is 24.9 Å². The van der Waals surface area contributed by atoms with Gasteiger partial charge in [-0.1, -0.05) is 13.8 Å². The molecule has 1 rings (SSSR count). The lowest BCUT2D eigenvalue weighted by atomic mass is 9.88. The van der Waals surface area contributed by atoms with E-state index in [1.54, 1.807) is 18.7 Å². The van der Waals surface area contributed by atoms with Gasteiger partial charge in [0.25, 0.3) is 5.92 Å². The summed E-state index contributed by atoms with van der Waals surface area (Å²) in [6.07, 6.45) is -0.0824. The topological polar surface area (TPSA) is 20.3 Å². The molecule has 1 heterocycles. The molecule has 0 aliphatic carbocycles. The summed E-state index contributed by atoms with van der Waals surface area (Å²) in [5.74, 6) is -2.51. The number of hydrogen-bond acceptors (Lipinski definition) is 2. The molecular formula is C10H17F2NO. The number of alkyl halides is 2. The van der Waals surface area contributed by atoms with Crippen LogP contribution in [-0.4, -0.2) is 36.2 Å². The minimum atomic E-state index is -2.56. The molecule has 0 amide bonds. The van der Waals surface area contributed by atoms with Gasteiger partial charge in [0.05, 0.1) is 6.54 Å². The summed E-state index contributed by atoms with van der Waals surface area (Å²) in [6.45, 7) is 5.72. The Morgan fingerprint density at radius 1 is 1.50 bits per heavy atom. The summed E-state index contributed by atoms with van der Waals surface area (Å²) in [6, 6.07) is 0. The van der Waals surface area contributed by atoms with Crippen molar-refractivity contribution in [2.45, 2.75) is 33.1 Å². The van der Waals surface area contributed by atoms with Gasteiger partial charge in [0.2, 0.25) is 0 Å². The summed E-state index contributed by atoms with van der Waals surface area (Å²) < 4.78 is 25.7. The van der Waals surface area contributed by atoms with E-state index in [2.05, 4.69) is 0 Å². The van der Waals surface area contributed by atoms with Crippen LogP contribution in [0.3, 0.4) is 0 Å². The van der Waals surface area contributed by atoms with Crippen molar-refractivity contribution in [3.05, 3.63) is 0 Å². The van der Waals surface area contributed by atoms with Crippen molar-refractivity contribution in [3.63, 3.8) is 0 Å². The number of ketones is 1. The number of likely N-dealkylation sites (tertiary alicyclic amines) is 1. The molecule has 4 heteroatoms. The third kappa shape index (κ3) is 2.74. The quantitative estimate of drug-likeness (QED) is 0.701. The van der Waals surface area contributed by atoms with Gasteiger partial charge in [0.1, 0.15) is 5.78 Å². The molecule has 0 N–H and O–H groups in total. The van der Waals surface area contributed by atoms with Gasteiger partial charge < -0.3 is 0 Å². The molecule has 0 radical (unpaired) electrons. The number of hydrogen-bond donors (Lipinski definition) is 0. The van der Waals surface area contributed by atoms with E-state index in [0.29, 0.717) is 13.1 Å². The minimum Gasteiger partial charge on any atom is -0.299 e. The maximum Gasteiger partial charge on any atom is 0.261 e. The first-order valence-electron chi connectivity index (χ1n) is 4.84. The molecule has 0 bridgehead atoms. The molecular weight excluding hydrogens is 188 g/mol. The molecule has 0 spiro atoms. The molecule has 0 aromatic carbocycles. The van der Waals surface area contributed by atoms with Crippen molar-refractivity contribution < 1.29 is 13.6 Å². The van der Waals surface area contributed by atoms with Gasteiger partial charge in [0.15, 0.2) is 0 Å². The number of nitrogens with zero attached hydrogens (tertiary/aromatic N) is 1. The van der Waals surface area contributed by atoms with E-state index in [1.165, 1.54) is 6.92 Å². The van der Waals surface area contributed by atoms with E-state index < -0.39 is 11.3 Å². The van der Waals surface area contributed by atoms with E-state index in [4.69, 9.17) is 0 Å². The Morgan fingerprint density at radius 3 is 2.43 bits per heavy atom. The lowest BCUT2D eigenvalue weighted by Gasteiger charge is -2.27. The number of carbonyl (C=O) groups excluding carboxylic acids is 1. The third-order valence-corrected chi connectivity index (χ3v) is 2.82. The highest BCUT2D eigenvalue weighted by Gasteiger charge is 2.40. The highest BCUT2D eigenvalue weighted by Crippen LogP contribution is 2.29. The van der Waals surface area contributed by atoms with Crippen molar-refractivity contribution in [1.82, 2.24) is 4.90 Å². The van der Waals surface area contributed by atoms with E-state index in [1.807, 2.05) is 0 Å². The Morgan fingerprint density at radius 2 is 2.07 bits per heavy atom. The molecule has 0 aromatic rings. The first-order chi connectivity index (χ1) is 6.23. The van der Waals surface area contributed by atoms with Crippen LogP contribution in [0.5, 0.6) is 0 Å². The zero-order valence-electron chi connectivity index (χ0n) is 8.94. The number of Topliss-reactive ketones (excluding diaryl/α,β-unsaturated/α-hetero) is 1. The van der Waals surface area contributed by atoms with Crippen molar-refractivity contribution in [3.8, 4) is 0 Å². The summed E-state index contributed by atoms with van der Waals surface area (Å²) in [4.78, 5) is 12.9. The van der Waals surface area contributed by atoms with Crippen LogP contribution in [0, 0.1) is 5.41 Å². The molecule has 0 aromatic heterocycles. The Bertz CT molecular complexity index is 238. The number of rotatable bonds is 3. The number of halogens is 2. The summed E-state index contributed by atoms with van der Waals surface area (Å²) in [5.41, 5.74) is -0.513. The molecule has 0 saturated carbocycles. The fourth-order valence-corrected chi connectivity index (χ4v) is 1.61. The normalized spacial score (nSPS) is 22.6. The molecule has 14 heavy (non-hydrogen) atoms. The van der Waals surface area contributed by atoms with Crippen molar-refractivity contribution >= 4 is 5.78 Å². The van der Waals surface area contributed by atoms with Crippen LogP contribution in [0.1, 0.15) is 27.2 Å². The Balaban J connectivity index is 2.51. The lowest BCUT2D eigenvalue weighted by Crippen LogP contribution is -2.38. The second-order valence-electron chi connectivity index (χ2n) is 4.76. The van der Waals surface area contributed by atoms with Crippen LogP contribution >= 0.6 is 0 Å². The fraction of sp³-hybridized carbons (Fsp3) is 0.900. The Hall–Kier alpha value is -0.510. The van der Waals surface area contributed by atoms with E-state index in [9.17, 15) is 13.6 Å². The van der Waals surface area contributed by atoms with Crippen molar-refractivity contribution in [2.75, 3.05) is 19.6 Å². The standard InChI is InChI=1S/C10H17F2NO/c1-8(14)9(2,3)6-13-5-4-10(11,12)7-13/h4-7H2,1-3H3. The average Bonchev–Trinajstić information content (AvgIpc) is 2.28. The molecule has 1 aliphatic heterocycles. The summed E-state index contributed by atoms with van der Waals surface area (Å²) >= 11 is 0. The second-order valence-corrected chi connectivity index (χ2v) is 4.76. The van der Waals surface area contributed by atoms with Gasteiger partial charge in [-0.3, -0.25) is 9.69 Å². The monoisotopic (exact) mass is 205 g/mol. The largest absolute Gasteiger partial charge is 0.299 e. The smallest absolute Gasteiger partial charge is 0.261 e. The molecule has 82 valence electrons. The summed E-state index contributed by atoms with van der Waals surface area (Å²) in [7, 11) is 0. The zero-order chi connectivity index (χ0) is 11.0. The van der Waals surface area contributed by atoms with Crippen LogP contribution in [-0.2, 0) is 4.79 Å². The zero-order valence-corrected chi connectivity index (χ0v) is 8.94. The highest BCUT2D eigenvalue weighted by atomic mass is 19.3. The maximum atomic E-state index is 12.8. The molecule has 0 atom stereocenters. The maximum absolute atomic E-state index is 12.8. The van der Waals surface area contributed by atoms with Gasteiger partial charge in [-0.2, -0.15) is 0 Å². The van der Waals surface area contributed by atoms with Crippen LogP contribution in [0.2, 0.25) is 0 Å². The van der Waals surface area contributed by atoms with E-state index >= 15 is 0 Å². The van der Waals surface area contributed by atoms with Crippen LogP contribution < -0.4 is 0 Å². The lowest BCUT2D eigenvalue weighted by molar-refractivity contribution is -0.125. The minimum absolute atomic E-state index is 0.0488. The Kier molecular flexibility index (Phi) is 2.95. The first kappa shape index (κ1) is 11.6. The van der Waals surface area contributed by atoms with E-state index in [-0.39, 0.29) is 18.7 Å². The van der Waals surface area contributed by atoms with Crippen molar-refractivity contribution in [2.24, 2.45) is 5.41 Å². The van der Waals surface area contributed by atoms with Gasteiger partial charge >= 0.3 is 0 Å². The predicted molar refractivity (Wildman–Crippen MR) is 50.5 cm³/mol. The van der Waals surface area contributed by atoms with Crippen LogP contribution in [0.15, 0.2) is 0 Å². The number of carbonyl (C=O) groups is 1. The molecule has 0 unspecified atom stereocenters. The molecule has 1 fully saturated rings. The predicted octanol–water partition coefficient (Wildman–Crippen LogP) is 1.94. The highest BCUT2D eigenvalue weighted by molar-refractivity contribution is 5.81. The summed E-state index contributed by atoms with van der Waals surface area (Å²) in [5, 5.41) is 0.